The molecule has 2 aromatic heterocycles. The Hall–Kier alpha value is -2.75. The van der Waals surface area contributed by atoms with Crippen LogP contribution in [-0.4, -0.2) is 15.0 Å². The molecule has 4 heteroatoms. The Morgan fingerprint density at radius 1 is 0.909 bits per heavy atom. The molecular formula is C18H18N4. The van der Waals surface area contributed by atoms with Gasteiger partial charge >= 0.3 is 0 Å². The van der Waals surface area contributed by atoms with Gasteiger partial charge in [0.15, 0.2) is 0 Å². The maximum absolute atomic E-state index is 4.56. The number of rotatable bonds is 5. The molecule has 0 saturated heterocycles. The Balaban J connectivity index is 1.66. The number of nitrogens with one attached hydrogen (secondary N) is 1. The van der Waals surface area contributed by atoms with E-state index in [4.69, 9.17) is 0 Å². The van der Waals surface area contributed by atoms with E-state index < -0.39 is 0 Å². The van der Waals surface area contributed by atoms with Crippen LogP contribution in [0.4, 0.5) is 5.82 Å². The normalized spacial score (nSPS) is 10.4. The predicted octanol–water partition coefficient (Wildman–Crippen LogP) is 3.38. The largest absolute Gasteiger partial charge is 0.364 e. The van der Waals surface area contributed by atoms with E-state index in [1.165, 1.54) is 5.56 Å². The van der Waals surface area contributed by atoms with Gasteiger partial charge in [-0.1, -0.05) is 36.4 Å². The van der Waals surface area contributed by atoms with Gasteiger partial charge in [-0.05, 0) is 30.7 Å². The van der Waals surface area contributed by atoms with Crippen molar-refractivity contribution in [3.63, 3.8) is 0 Å². The summed E-state index contributed by atoms with van der Waals surface area (Å²) in [6, 6.07) is 18.1. The molecule has 2 heterocycles. The highest BCUT2D eigenvalue weighted by atomic mass is 15.0. The molecule has 0 unspecified atom stereocenters. The number of pyridine rings is 1. The van der Waals surface area contributed by atoms with E-state index in [2.05, 4.69) is 32.4 Å². The van der Waals surface area contributed by atoms with Crippen molar-refractivity contribution < 1.29 is 0 Å². The zero-order chi connectivity index (χ0) is 15.2. The third kappa shape index (κ3) is 3.88. The molecule has 0 aliphatic carbocycles. The van der Waals surface area contributed by atoms with E-state index >= 15 is 0 Å². The molecule has 22 heavy (non-hydrogen) atoms. The van der Waals surface area contributed by atoms with Gasteiger partial charge in [0, 0.05) is 18.3 Å². The highest BCUT2D eigenvalue weighted by Gasteiger charge is 2.02. The Kier molecular flexibility index (Phi) is 4.39. The molecule has 0 amide bonds. The average molecular weight is 290 g/mol. The van der Waals surface area contributed by atoms with Gasteiger partial charge in [-0.15, -0.1) is 0 Å². The van der Waals surface area contributed by atoms with Crippen molar-refractivity contribution >= 4 is 5.82 Å². The molecular weight excluding hydrogens is 272 g/mol. The van der Waals surface area contributed by atoms with Crippen LogP contribution in [0.3, 0.4) is 0 Å². The van der Waals surface area contributed by atoms with Crippen molar-refractivity contribution in [3.05, 3.63) is 83.6 Å². The monoisotopic (exact) mass is 290 g/mol. The van der Waals surface area contributed by atoms with Crippen molar-refractivity contribution in [3.8, 4) is 0 Å². The first-order chi connectivity index (χ1) is 10.8. The van der Waals surface area contributed by atoms with Gasteiger partial charge in [0.25, 0.3) is 0 Å². The van der Waals surface area contributed by atoms with E-state index in [1.807, 2.05) is 49.4 Å². The second kappa shape index (κ2) is 6.80. The van der Waals surface area contributed by atoms with Crippen LogP contribution < -0.4 is 5.32 Å². The molecule has 110 valence electrons. The molecule has 3 aromatic rings. The number of anilines is 1. The summed E-state index contributed by atoms with van der Waals surface area (Å²) in [7, 11) is 0. The summed E-state index contributed by atoms with van der Waals surface area (Å²) < 4.78 is 0. The zero-order valence-corrected chi connectivity index (χ0v) is 12.5. The van der Waals surface area contributed by atoms with Crippen molar-refractivity contribution in [2.45, 2.75) is 19.9 Å². The minimum atomic E-state index is 0.656. The van der Waals surface area contributed by atoms with Gasteiger partial charge in [-0.2, -0.15) is 0 Å². The quantitative estimate of drug-likeness (QED) is 0.782. The van der Waals surface area contributed by atoms with Crippen molar-refractivity contribution in [1.29, 1.82) is 0 Å². The van der Waals surface area contributed by atoms with Gasteiger partial charge in [0.2, 0.25) is 0 Å². The van der Waals surface area contributed by atoms with Crippen LogP contribution in [0, 0.1) is 6.92 Å². The lowest BCUT2D eigenvalue weighted by Crippen LogP contribution is -2.06. The molecule has 3 rings (SSSR count). The Bertz CT molecular complexity index is 741. The average Bonchev–Trinajstić information content (AvgIpc) is 2.54. The summed E-state index contributed by atoms with van der Waals surface area (Å²) in [5, 5.41) is 3.30. The van der Waals surface area contributed by atoms with Crippen LogP contribution in [-0.2, 0) is 13.0 Å². The van der Waals surface area contributed by atoms with Crippen molar-refractivity contribution in [2.24, 2.45) is 0 Å². The van der Waals surface area contributed by atoms with Crippen LogP contribution in [0.2, 0.25) is 0 Å². The maximum atomic E-state index is 4.56. The van der Waals surface area contributed by atoms with E-state index in [0.717, 1.165) is 29.5 Å². The van der Waals surface area contributed by atoms with Gasteiger partial charge in [0.05, 0.1) is 12.2 Å². The highest BCUT2D eigenvalue weighted by molar-refractivity contribution is 5.34. The lowest BCUT2D eigenvalue weighted by Gasteiger charge is -2.07. The Morgan fingerprint density at radius 2 is 1.77 bits per heavy atom. The third-order valence-corrected chi connectivity index (χ3v) is 3.31. The minimum Gasteiger partial charge on any atom is -0.364 e. The molecule has 0 radical (unpaired) electrons. The van der Waals surface area contributed by atoms with Crippen LogP contribution in [0.25, 0.3) is 0 Å². The number of hydrogen-bond donors (Lipinski definition) is 1. The summed E-state index contributed by atoms with van der Waals surface area (Å²) in [6.45, 7) is 2.65. The van der Waals surface area contributed by atoms with Crippen LogP contribution in [0.5, 0.6) is 0 Å². The summed E-state index contributed by atoms with van der Waals surface area (Å²) in [5.41, 5.74) is 3.23. The lowest BCUT2D eigenvalue weighted by molar-refractivity contribution is 0.945. The highest BCUT2D eigenvalue weighted by Crippen LogP contribution is 2.09. The summed E-state index contributed by atoms with van der Waals surface area (Å²) in [4.78, 5) is 13.4. The summed E-state index contributed by atoms with van der Waals surface area (Å²) >= 11 is 0. The standard InChI is InChI=1S/C18H18N4/c1-14-6-5-9-16(21-14)13-20-17-10-11-19-18(22-17)12-15-7-3-2-4-8-15/h2-11H,12-13H2,1H3,(H,19,20,22). The van der Waals surface area contributed by atoms with Crippen molar-refractivity contribution in [2.75, 3.05) is 5.32 Å². The van der Waals surface area contributed by atoms with Crippen LogP contribution >= 0.6 is 0 Å². The van der Waals surface area contributed by atoms with E-state index in [0.29, 0.717) is 6.54 Å². The lowest BCUT2D eigenvalue weighted by atomic mass is 10.1. The molecule has 1 aromatic carbocycles. The second-order valence-electron chi connectivity index (χ2n) is 5.14. The summed E-state index contributed by atoms with van der Waals surface area (Å²) in [6.07, 6.45) is 2.52. The Labute approximate surface area is 130 Å². The first-order valence-electron chi connectivity index (χ1n) is 7.32. The number of aryl methyl sites for hydroxylation is 1. The van der Waals surface area contributed by atoms with Gasteiger partial charge in [-0.3, -0.25) is 4.98 Å². The molecule has 4 nitrogen and oxygen atoms in total. The van der Waals surface area contributed by atoms with Crippen molar-refractivity contribution in [1.82, 2.24) is 15.0 Å². The van der Waals surface area contributed by atoms with Gasteiger partial charge < -0.3 is 5.32 Å². The first-order valence-corrected chi connectivity index (χ1v) is 7.32. The first kappa shape index (κ1) is 14.2. The summed E-state index contributed by atoms with van der Waals surface area (Å²) in [5.74, 6) is 1.64. The number of hydrogen-bond acceptors (Lipinski definition) is 4. The van der Waals surface area contributed by atoms with E-state index in [1.54, 1.807) is 6.20 Å². The van der Waals surface area contributed by atoms with Gasteiger partial charge in [-0.25, -0.2) is 9.97 Å². The zero-order valence-electron chi connectivity index (χ0n) is 12.5. The SMILES string of the molecule is Cc1cccc(CNc2ccnc(Cc3ccccc3)n2)n1. The van der Waals surface area contributed by atoms with Gasteiger partial charge in [0.1, 0.15) is 11.6 Å². The number of nitrogens with zero attached hydrogens (tertiary/aromatic N) is 3. The molecule has 0 aliphatic rings. The molecule has 1 N–H and O–H groups in total. The topological polar surface area (TPSA) is 50.7 Å². The fourth-order valence-corrected chi connectivity index (χ4v) is 2.24. The van der Waals surface area contributed by atoms with E-state index in [-0.39, 0.29) is 0 Å². The fraction of sp³-hybridized carbons (Fsp3) is 0.167. The molecule has 0 spiro atoms. The smallest absolute Gasteiger partial charge is 0.135 e. The molecule has 0 aliphatic heterocycles. The van der Waals surface area contributed by atoms with E-state index in [9.17, 15) is 0 Å². The van der Waals surface area contributed by atoms with Crippen LogP contribution in [0.1, 0.15) is 22.8 Å². The predicted molar refractivity (Wildman–Crippen MR) is 87.6 cm³/mol. The molecule has 0 fully saturated rings. The second-order valence-corrected chi connectivity index (χ2v) is 5.14. The molecule has 0 saturated carbocycles. The molecule has 0 atom stereocenters. The maximum Gasteiger partial charge on any atom is 0.135 e. The molecule has 0 bridgehead atoms. The minimum absolute atomic E-state index is 0.656. The number of aromatic nitrogens is 3. The Morgan fingerprint density at radius 3 is 2.59 bits per heavy atom. The number of benzene rings is 1. The third-order valence-electron chi connectivity index (χ3n) is 3.31. The van der Waals surface area contributed by atoms with Crippen LogP contribution in [0.15, 0.2) is 60.8 Å². The fourth-order valence-electron chi connectivity index (χ4n) is 2.24.